The minimum Gasteiger partial charge on any atom is -1.00 e. The number of ketones is 4. The first kappa shape index (κ1) is 48.5. The standard InChI is InChI=1S/C42H59O14P.2Na.2H/c1-37-17-29(47)35-25(27(37)9-11-41(37,51)31(49)19-43)7-5-21-13-23(45)15-33(39(21,35)3)55-57(53,54)56-34-16-24(46)14-22-6-8-26-28-10-12-42(52,32(50)20-44)38(28,2)18-30(48)36(26)40(22,34)4;;;;/h13-14,25-30,33-36,43-44,47-48,51-52H,5-12,15-20H2,1-4H3,(H,53,54);;;;/q;2*+1;2*-1/t25-,26-,27-,28-,29-,30-,33?,34?,35+,36+,37-,38-,39+,40+,41-,42-;;;;/m0..../s1. The molecular weight excluding hydrogens is 805 g/mol. The Morgan fingerprint density at radius 1 is 0.712 bits per heavy atom. The van der Waals surface area contributed by atoms with E-state index in [9.17, 15) is 59.3 Å². The van der Waals surface area contributed by atoms with Crippen molar-refractivity contribution >= 4 is 31.0 Å². The molecule has 8 aliphatic carbocycles. The van der Waals surface area contributed by atoms with Crippen molar-refractivity contribution in [2.24, 2.45) is 57.2 Å². The van der Waals surface area contributed by atoms with Crippen molar-refractivity contribution in [3.8, 4) is 0 Å². The van der Waals surface area contributed by atoms with Crippen LogP contribution in [0, 0.1) is 57.2 Å². The summed E-state index contributed by atoms with van der Waals surface area (Å²) >= 11 is 0. The van der Waals surface area contributed by atoms with Gasteiger partial charge in [0, 0.05) is 34.5 Å². The van der Waals surface area contributed by atoms with Crippen molar-refractivity contribution in [2.45, 2.75) is 140 Å². The van der Waals surface area contributed by atoms with E-state index in [4.69, 9.17) is 9.05 Å². The van der Waals surface area contributed by atoms with Crippen LogP contribution in [-0.4, -0.2) is 107 Å². The van der Waals surface area contributed by atoms with Gasteiger partial charge in [-0.2, -0.15) is 0 Å². The number of phosphoric ester groups is 1. The maximum Gasteiger partial charge on any atom is 1.00 e. The van der Waals surface area contributed by atoms with Crippen molar-refractivity contribution in [2.75, 3.05) is 13.2 Å². The molecule has 16 atom stereocenters. The summed E-state index contributed by atoms with van der Waals surface area (Å²) in [6.07, 6.45) is 1.14. The Bertz CT molecular complexity index is 1780. The molecule has 0 amide bonds. The van der Waals surface area contributed by atoms with E-state index in [0.29, 0.717) is 49.7 Å². The Hall–Kier alpha value is 0.0300. The van der Waals surface area contributed by atoms with Gasteiger partial charge in [-0.15, -0.1) is 0 Å². The smallest absolute Gasteiger partial charge is 1.00 e. The monoisotopic (exact) mass is 866 g/mol. The van der Waals surface area contributed by atoms with Crippen molar-refractivity contribution < 1.29 is 130 Å². The number of hydrogen-bond acceptors (Lipinski definition) is 13. The van der Waals surface area contributed by atoms with Gasteiger partial charge < -0.3 is 38.4 Å². The molecule has 59 heavy (non-hydrogen) atoms. The summed E-state index contributed by atoms with van der Waals surface area (Å²) in [6, 6.07) is 0. The third kappa shape index (κ3) is 6.77. The zero-order chi connectivity index (χ0) is 41.5. The summed E-state index contributed by atoms with van der Waals surface area (Å²) in [5, 5.41) is 66.9. The van der Waals surface area contributed by atoms with E-state index in [1.807, 2.05) is 13.8 Å². The molecule has 0 saturated heterocycles. The summed E-state index contributed by atoms with van der Waals surface area (Å²) in [6.45, 7) is 5.59. The molecule has 6 saturated carbocycles. The van der Waals surface area contributed by atoms with E-state index in [-0.39, 0.29) is 136 Å². The molecule has 6 fully saturated rings. The Morgan fingerprint density at radius 2 is 1.07 bits per heavy atom. The maximum atomic E-state index is 14.5. The molecule has 0 spiro atoms. The zero-order valence-electron chi connectivity index (χ0n) is 37.3. The summed E-state index contributed by atoms with van der Waals surface area (Å²) in [5.41, 5.74) is -6.58. The quantitative estimate of drug-likeness (QED) is 0.0945. The van der Waals surface area contributed by atoms with Crippen molar-refractivity contribution in [3.63, 3.8) is 0 Å². The van der Waals surface area contributed by atoms with Crippen molar-refractivity contribution in [3.05, 3.63) is 23.3 Å². The molecule has 8 aliphatic rings. The molecule has 0 bridgehead atoms. The molecule has 2 unspecified atom stereocenters. The number of rotatable bonds is 8. The number of fused-ring (bicyclic) bond motifs is 10. The number of phosphoric acid groups is 1. The Kier molecular flexibility index (Phi) is 13.3. The third-order valence-electron chi connectivity index (χ3n) is 18.0. The van der Waals surface area contributed by atoms with E-state index < -0.39 is 102 Å². The van der Waals surface area contributed by atoms with Crippen LogP contribution in [0.5, 0.6) is 0 Å². The SMILES string of the molecule is C[C@]12C[C@H](O)[C@H]3[C@@H](CCC4=CC(=O)CC(OP(=O)(O)OC5CC(=O)C=C6CC[C@@H]7[C@H]([C@@H](O)C[C@@]8(C)[C@H]7CC[C@]8(O)C(=O)CO)[C@]65C)[C@@]43C)[C@@H]1CC[C@]2(O)C(=O)CO.[H-].[H-].[Na+].[Na+]. The predicted molar refractivity (Wildman–Crippen MR) is 203 cm³/mol. The molecule has 0 aromatic rings. The minimum atomic E-state index is -5.12. The number of aliphatic hydroxyl groups excluding tert-OH is 4. The number of carbonyl (C=O) groups is 4. The fourth-order valence-electron chi connectivity index (χ4n) is 15.2. The van der Waals surface area contributed by atoms with E-state index in [0.717, 1.165) is 0 Å². The van der Waals surface area contributed by atoms with Crippen LogP contribution in [0.4, 0.5) is 0 Å². The van der Waals surface area contributed by atoms with E-state index in [1.54, 1.807) is 13.8 Å². The second kappa shape index (κ2) is 16.2. The van der Waals surface area contributed by atoms with Gasteiger partial charge in [0.05, 0.1) is 24.4 Å². The molecule has 0 heterocycles. The Labute approximate surface area is 392 Å². The van der Waals surface area contributed by atoms with Crippen LogP contribution in [0.2, 0.25) is 0 Å². The van der Waals surface area contributed by atoms with Crippen LogP contribution < -0.4 is 59.1 Å². The second-order valence-corrected chi connectivity index (χ2v) is 21.3. The van der Waals surface area contributed by atoms with Crippen molar-refractivity contribution in [1.82, 2.24) is 0 Å². The topological polar surface area (TPSA) is 245 Å². The molecule has 0 aliphatic heterocycles. The number of hydrogen-bond donors (Lipinski definition) is 7. The van der Waals surface area contributed by atoms with Gasteiger partial charge in [-0.05, 0) is 112 Å². The fraction of sp³-hybridized carbons (Fsp3) is 0.810. The van der Waals surface area contributed by atoms with Crippen LogP contribution in [0.1, 0.15) is 108 Å². The summed E-state index contributed by atoms with van der Waals surface area (Å²) in [5.74, 6) is -4.08. The van der Waals surface area contributed by atoms with Crippen LogP contribution >= 0.6 is 7.82 Å². The van der Waals surface area contributed by atoms with Gasteiger partial charge in [-0.1, -0.05) is 38.8 Å². The largest absolute Gasteiger partial charge is 1.00 e. The Morgan fingerprint density at radius 3 is 1.41 bits per heavy atom. The van der Waals surface area contributed by atoms with Gasteiger partial charge in [0.25, 0.3) is 0 Å². The first-order chi connectivity index (χ1) is 26.6. The number of carbonyl (C=O) groups excluding carboxylic acids is 4. The summed E-state index contributed by atoms with van der Waals surface area (Å²) in [7, 11) is -5.12. The average molecular weight is 867 g/mol. The summed E-state index contributed by atoms with van der Waals surface area (Å²) < 4.78 is 26.7. The third-order valence-corrected chi connectivity index (χ3v) is 19.0. The van der Waals surface area contributed by atoms with Gasteiger partial charge in [0.15, 0.2) is 23.1 Å². The predicted octanol–water partition coefficient (Wildman–Crippen LogP) is -3.10. The normalized spacial score (nSPS) is 49.5. The fourth-order valence-corrected chi connectivity index (χ4v) is 16.5. The van der Waals surface area contributed by atoms with E-state index in [1.165, 1.54) is 12.2 Å². The molecule has 0 aromatic heterocycles. The van der Waals surface area contributed by atoms with Gasteiger partial charge in [-0.25, -0.2) is 4.57 Å². The summed E-state index contributed by atoms with van der Waals surface area (Å²) in [4.78, 5) is 64.1. The maximum absolute atomic E-state index is 14.5. The molecular formula is C42H61Na2O14P. The van der Waals surface area contributed by atoms with Gasteiger partial charge in [-0.3, -0.25) is 28.2 Å². The van der Waals surface area contributed by atoms with Gasteiger partial charge in [0.2, 0.25) is 0 Å². The Balaban J connectivity index is 0.00000205. The molecule has 0 aromatic carbocycles. The first-order valence-corrected chi connectivity index (χ1v) is 22.3. The van der Waals surface area contributed by atoms with E-state index >= 15 is 0 Å². The molecule has 8 rings (SSSR count). The number of aliphatic hydroxyl groups is 6. The van der Waals surface area contributed by atoms with Crippen LogP contribution in [0.3, 0.4) is 0 Å². The second-order valence-electron chi connectivity index (χ2n) is 19.9. The molecule has 7 N–H and O–H groups in total. The number of Topliss-reactive ketones (excluding diaryl/α,β-unsaturated/α-hetero) is 2. The van der Waals surface area contributed by atoms with Crippen LogP contribution in [-0.2, 0) is 32.8 Å². The van der Waals surface area contributed by atoms with E-state index in [2.05, 4.69) is 0 Å². The molecule has 320 valence electrons. The van der Waals surface area contributed by atoms with Gasteiger partial charge in [0.1, 0.15) is 24.4 Å². The molecule has 14 nitrogen and oxygen atoms in total. The first-order valence-electron chi connectivity index (χ1n) is 20.8. The van der Waals surface area contributed by atoms with Crippen LogP contribution in [0.25, 0.3) is 0 Å². The van der Waals surface area contributed by atoms with Crippen molar-refractivity contribution in [1.29, 1.82) is 0 Å². The average Bonchev–Trinajstić information content (AvgIpc) is 3.56. The zero-order valence-corrected chi connectivity index (χ0v) is 40.2. The van der Waals surface area contributed by atoms with Crippen LogP contribution in [0.15, 0.2) is 23.3 Å². The molecule has 0 radical (unpaired) electrons. The van der Waals surface area contributed by atoms with Gasteiger partial charge >= 0.3 is 66.9 Å². The molecule has 17 heteroatoms. The minimum absolute atomic E-state index is 0.